The Morgan fingerprint density at radius 3 is 2.45 bits per heavy atom. The summed E-state index contributed by atoms with van der Waals surface area (Å²) in [5, 5.41) is 2.13. The predicted molar refractivity (Wildman–Crippen MR) is 69.0 cm³/mol. The maximum atomic E-state index is 12.3. The summed E-state index contributed by atoms with van der Waals surface area (Å²) in [5.74, 6) is -1.52. The van der Waals surface area contributed by atoms with E-state index in [-0.39, 0.29) is 18.8 Å². The van der Waals surface area contributed by atoms with Crippen LogP contribution in [0.25, 0.3) is 0 Å². The van der Waals surface area contributed by atoms with E-state index in [2.05, 4.69) is 10.0 Å². The van der Waals surface area contributed by atoms with E-state index in [0.717, 1.165) is 11.3 Å². The highest BCUT2D eigenvalue weighted by molar-refractivity contribution is 7.89. The highest BCUT2D eigenvalue weighted by atomic mass is 32.2. The minimum Gasteiger partial charge on any atom is -0.277 e. The molecule has 2 N–H and O–H groups in total. The molecule has 2 fully saturated rings. The van der Waals surface area contributed by atoms with Crippen molar-refractivity contribution in [1.82, 2.24) is 14.9 Å². The van der Waals surface area contributed by atoms with Crippen LogP contribution < -0.4 is 10.0 Å². The number of sulfonamides is 1. The molecule has 1 saturated heterocycles. The fourth-order valence-electron chi connectivity index (χ4n) is 2.41. The predicted octanol–water partition coefficient (Wildman–Crippen LogP) is -0.826. The van der Waals surface area contributed by atoms with Gasteiger partial charge in [0.25, 0.3) is 0 Å². The lowest BCUT2D eigenvalue weighted by Gasteiger charge is -2.44. The van der Waals surface area contributed by atoms with Crippen LogP contribution in [0.4, 0.5) is 4.79 Å². The quantitative estimate of drug-likeness (QED) is 0.644. The largest absolute Gasteiger partial charge is 0.330 e. The molecule has 112 valence electrons. The lowest BCUT2D eigenvalue weighted by atomic mass is 9.66. The van der Waals surface area contributed by atoms with E-state index in [4.69, 9.17) is 0 Å². The van der Waals surface area contributed by atoms with Gasteiger partial charge in [-0.2, -0.15) is 0 Å². The molecule has 2 rings (SSSR count). The van der Waals surface area contributed by atoms with E-state index in [1.54, 1.807) is 6.92 Å². The Morgan fingerprint density at radius 1 is 1.30 bits per heavy atom. The highest BCUT2D eigenvalue weighted by Crippen LogP contribution is 2.44. The third-order valence-electron chi connectivity index (χ3n) is 3.71. The number of carbonyl (C=O) groups is 3. The van der Waals surface area contributed by atoms with Gasteiger partial charge >= 0.3 is 6.03 Å². The summed E-state index contributed by atoms with van der Waals surface area (Å²) in [6, 6.07) is -0.843. The fraction of sp³-hybridized carbons (Fsp3) is 0.727. The van der Waals surface area contributed by atoms with Crippen LogP contribution in [0.15, 0.2) is 0 Å². The molecular formula is C11H17N3O5S. The molecule has 1 saturated carbocycles. The van der Waals surface area contributed by atoms with E-state index in [1.165, 1.54) is 0 Å². The van der Waals surface area contributed by atoms with Gasteiger partial charge in [-0.15, -0.1) is 0 Å². The van der Waals surface area contributed by atoms with Gasteiger partial charge in [0, 0.05) is 13.1 Å². The van der Waals surface area contributed by atoms with Gasteiger partial charge in [-0.1, -0.05) is 13.3 Å². The van der Waals surface area contributed by atoms with Crippen molar-refractivity contribution in [3.8, 4) is 0 Å². The second kappa shape index (κ2) is 5.13. The van der Waals surface area contributed by atoms with Crippen LogP contribution in [-0.4, -0.2) is 50.0 Å². The number of carbonyl (C=O) groups excluding carboxylic acids is 3. The first-order chi connectivity index (χ1) is 9.32. The monoisotopic (exact) mass is 303 g/mol. The second-order valence-electron chi connectivity index (χ2n) is 4.97. The lowest BCUT2D eigenvalue weighted by Crippen LogP contribution is -2.66. The smallest absolute Gasteiger partial charge is 0.277 e. The zero-order valence-corrected chi connectivity index (χ0v) is 12.0. The number of hydrogen-bond acceptors (Lipinski definition) is 5. The van der Waals surface area contributed by atoms with Crippen LogP contribution in [-0.2, 0) is 19.6 Å². The van der Waals surface area contributed by atoms with E-state index >= 15 is 0 Å². The molecular weight excluding hydrogens is 286 g/mol. The van der Waals surface area contributed by atoms with Crippen molar-refractivity contribution in [2.75, 3.05) is 18.8 Å². The van der Waals surface area contributed by atoms with Crippen molar-refractivity contribution in [1.29, 1.82) is 0 Å². The lowest BCUT2D eigenvalue weighted by molar-refractivity contribution is -0.157. The zero-order chi connectivity index (χ0) is 15.0. The standard InChI is InChI=1S/C11H17N3O5S/c1-2-12-20(18,19)7-6-14-9(16)11(4-3-5-11)8(15)13-10(14)17/h12H,2-7H2,1H3,(H,13,15,17). The van der Waals surface area contributed by atoms with E-state index in [1.807, 2.05) is 0 Å². The Labute approximate surface area is 116 Å². The van der Waals surface area contributed by atoms with Gasteiger partial charge in [0.1, 0.15) is 5.41 Å². The van der Waals surface area contributed by atoms with Gasteiger partial charge < -0.3 is 0 Å². The first kappa shape index (κ1) is 14.9. The van der Waals surface area contributed by atoms with Gasteiger partial charge in [0.05, 0.1) is 5.75 Å². The van der Waals surface area contributed by atoms with Gasteiger partial charge in [0.15, 0.2) is 0 Å². The summed E-state index contributed by atoms with van der Waals surface area (Å²) >= 11 is 0. The molecule has 0 aromatic carbocycles. The molecule has 1 aliphatic carbocycles. The van der Waals surface area contributed by atoms with Crippen LogP contribution in [0.3, 0.4) is 0 Å². The number of imide groups is 2. The molecule has 2 aliphatic rings. The first-order valence-electron chi connectivity index (χ1n) is 6.47. The average Bonchev–Trinajstić information content (AvgIpc) is 2.25. The molecule has 0 bridgehead atoms. The molecule has 1 spiro atoms. The number of hydrogen-bond donors (Lipinski definition) is 2. The molecule has 9 heteroatoms. The van der Waals surface area contributed by atoms with Gasteiger partial charge in [-0.25, -0.2) is 17.9 Å². The molecule has 0 unspecified atom stereocenters. The SMILES string of the molecule is CCNS(=O)(=O)CCN1C(=O)NC(=O)C2(CCC2)C1=O. The van der Waals surface area contributed by atoms with Crippen LogP contribution >= 0.6 is 0 Å². The van der Waals surface area contributed by atoms with Gasteiger partial charge in [-0.05, 0) is 12.8 Å². The number of barbiturate groups is 1. The van der Waals surface area contributed by atoms with E-state index in [9.17, 15) is 22.8 Å². The minimum absolute atomic E-state index is 0.241. The van der Waals surface area contributed by atoms with E-state index in [0.29, 0.717) is 12.8 Å². The molecule has 20 heavy (non-hydrogen) atoms. The number of amides is 4. The second-order valence-corrected chi connectivity index (χ2v) is 6.89. The molecule has 4 amide bonds. The topological polar surface area (TPSA) is 113 Å². The maximum Gasteiger partial charge on any atom is 0.330 e. The summed E-state index contributed by atoms with van der Waals surface area (Å²) in [5.41, 5.74) is -1.16. The van der Waals surface area contributed by atoms with Crippen molar-refractivity contribution in [2.45, 2.75) is 26.2 Å². The summed E-state index contributed by atoms with van der Waals surface area (Å²) in [6.45, 7) is 1.62. The molecule has 0 aromatic heterocycles. The molecule has 0 atom stereocenters. The Hall–Kier alpha value is -1.48. The van der Waals surface area contributed by atoms with Crippen molar-refractivity contribution < 1.29 is 22.8 Å². The maximum absolute atomic E-state index is 12.3. The van der Waals surface area contributed by atoms with Crippen LogP contribution in [0, 0.1) is 5.41 Å². The Balaban J connectivity index is 2.09. The summed E-state index contributed by atoms with van der Waals surface area (Å²) < 4.78 is 25.4. The number of nitrogens with one attached hydrogen (secondary N) is 2. The Kier molecular flexibility index (Phi) is 3.83. The van der Waals surface area contributed by atoms with Crippen molar-refractivity contribution in [2.24, 2.45) is 5.41 Å². The van der Waals surface area contributed by atoms with Crippen molar-refractivity contribution in [3.63, 3.8) is 0 Å². The number of urea groups is 1. The third kappa shape index (κ3) is 2.42. The molecule has 8 nitrogen and oxygen atoms in total. The summed E-state index contributed by atoms with van der Waals surface area (Å²) in [7, 11) is -3.53. The molecule has 1 aliphatic heterocycles. The molecule has 1 heterocycles. The molecule has 0 aromatic rings. The first-order valence-corrected chi connectivity index (χ1v) is 8.12. The van der Waals surface area contributed by atoms with Crippen molar-refractivity contribution >= 4 is 27.9 Å². The normalized spacial score (nSPS) is 21.9. The van der Waals surface area contributed by atoms with Crippen LogP contribution in [0.1, 0.15) is 26.2 Å². The number of nitrogens with zero attached hydrogens (tertiary/aromatic N) is 1. The number of rotatable bonds is 5. The highest BCUT2D eigenvalue weighted by Gasteiger charge is 2.57. The fourth-order valence-corrected chi connectivity index (χ4v) is 3.42. The van der Waals surface area contributed by atoms with E-state index < -0.39 is 33.3 Å². The third-order valence-corrected chi connectivity index (χ3v) is 5.16. The molecule has 0 radical (unpaired) electrons. The Bertz CT molecular complexity index is 552. The van der Waals surface area contributed by atoms with Crippen LogP contribution in [0.5, 0.6) is 0 Å². The average molecular weight is 303 g/mol. The Morgan fingerprint density at radius 2 is 1.95 bits per heavy atom. The zero-order valence-electron chi connectivity index (χ0n) is 11.1. The summed E-state index contributed by atoms with van der Waals surface area (Å²) in [6.07, 6.45) is 1.56. The van der Waals surface area contributed by atoms with Gasteiger partial charge in [0.2, 0.25) is 21.8 Å². The van der Waals surface area contributed by atoms with Crippen molar-refractivity contribution in [3.05, 3.63) is 0 Å². The van der Waals surface area contributed by atoms with Gasteiger partial charge in [-0.3, -0.25) is 19.8 Å². The minimum atomic E-state index is -3.53. The summed E-state index contributed by atoms with van der Waals surface area (Å²) in [4.78, 5) is 36.5. The van der Waals surface area contributed by atoms with Crippen LogP contribution in [0.2, 0.25) is 0 Å².